The zero-order chi connectivity index (χ0) is 20.0. The summed E-state index contributed by atoms with van der Waals surface area (Å²) in [5.74, 6) is -0.908. The van der Waals surface area contributed by atoms with Crippen molar-refractivity contribution in [3.8, 4) is 0 Å². The Morgan fingerprint density at radius 1 is 1.19 bits per heavy atom. The molecule has 144 valence electrons. The van der Waals surface area contributed by atoms with Gasteiger partial charge in [-0.2, -0.15) is 0 Å². The van der Waals surface area contributed by atoms with Crippen molar-refractivity contribution in [3.05, 3.63) is 64.4 Å². The largest absolute Gasteiger partial charge is 0.348 e. The van der Waals surface area contributed by atoms with E-state index in [0.717, 1.165) is 0 Å². The van der Waals surface area contributed by atoms with E-state index in [1.807, 2.05) is 13.8 Å². The normalized spacial score (nSPS) is 11.9. The summed E-state index contributed by atoms with van der Waals surface area (Å²) in [6.07, 6.45) is 0.551. The summed E-state index contributed by atoms with van der Waals surface area (Å²) in [5.41, 5.74) is 6.83. The number of benzene rings is 2. The molecule has 0 unspecified atom stereocenters. The van der Waals surface area contributed by atoms with Gasteiger partial charge in [-0.1, -0.05) is 43.6 Å². The third kappa shape index (κ3) is 6.05. The summed E-state index contributed by atoms with van der Waals surface area (Å²) in [6.45, 7) is 3.98. The minimum atomic E-state index is -0.640. The van der Waals surface area contributed by atoms with Gasteiger partial charge in [-0.05, 0) is 36.6 Å². The van der Waals surface area contributed by atoms with Crippen LogP contribution in [-0.4, -0.2) is 17.9 Å². The van der Waals surface area contributed by atoms with Crippen molar-refractivity contribution in [1.82, 2.24) is 5.32 Å². The molecular weight excluding hydrogens is 369 g/mol. The third-order valence-electron chi connectivity index (χ3n) is 3.94. The molecule has 0 fully saturated rings. The third-order valence-corrected chi connectivity index (χ3v) is 4.27. The first-order valence-corrected chi connectivity index (χ1v) is 9.03. The molecule has 0 aliphatic rings. The summed E-state index contributed by atoms with van der Waals surface area (Å²) < 4.78 is 13.7. The van der Waals surface area contributed by atoms with Gasteiger partial charge >= 0.3 is 0 Å². The molecule has 0 bridgehead atoms. The van der Waals surface area contributed by atoms with Crippen molar-refractivity contribution >= 4 is 29.1 Å². The van der Waals surface area contributed by atoms with Crippen molar-refractivity contribution in [3.63, 3.8) is 0 Å². The van der Waals surface area contributed by atoms with Gasteiger partial charge in [0.25, 0.3) is 5.91 Å². The highest BCUT2D eigenvalue weighted by Crippen LogP contribution is 2.21. The van der Waals surface area contributed by atoms with Gasteiger partial charge in [-0.25, -0.2) is 4.39 Å². The van der Waals surface area contributed by atoms with Gasteiger partial charge in [0.15, 0.2) is 0 Å². The van der Waals surface area contributed by atoms with Gasteiger partial charge in [0.2, 0.25) is 5.91 Å². The molecule has 2 aromatic rings. The Labute approximate surface area is 163 Å². The predicted molar refractivity (Wildman–Crippen MR) is 105 cm³/mol. The van der Waals surface area contributed by atoms with E-state index in [-0.39, 0.29) is 29.0 Å². The van der Waals surface area contributed by atoms with Gasteiger partial charge in [-0.15, -0.1) is 0 Å². The van der Waals surface area contributed by atoms with E-state index >= 15 is 0 Å². The van der Waals surface area contributed by atoms with Crippen molar-refractivity contribution in [2.24, 2.45) is 11.7 Å². The first kappa shape index (κ1) is 20.9. The minimum absolute atomic E-state index is 0.0255. The van der Waals surface area contributed by atoms with E-state index in [2.05, 4.69) is 10.6 Å². The standard InChI is InChI=1S/C20H23ClFN3O2/c1-12(2)9-18(23)20(27)25-14-7-8-16(21)15(10-14)19(26)24-11-13-5-3-4-6-17(13)22/h3-8,10,12,18H,9,11,23H2,1-2H3,(H,24,26)(H,25,27)/t18-/m0/s1. The van der Waals surface area contributed by atoms with E-state index in [0.29, 0.717) is 17.7 Å². The maximum Gasteiger partial charge on any atom is 0.253 e. The number of nitrogens with one attached hydrogen (secondary N) is 2. The number of carbonyl (C=O) groups excluding carboxylic acids is 2. The van der Waals surface area contributed by atoms with Crippen LogP contribution in [0.25, 0.3) is 0 Å². The fourth-order valence-electron chi connectivity index (χ4n) is 2.54. The van der Waals surface area contributed by atoms with Crippen LogP contribution in [0.5, 0.6) is 0 Å². The zero-order valence-electron chi connectivity index (χ0n) is 15.3. The van der Waals surface area contributed by atoms with E-state index in [1.54, 1.807) is 24.3 Å². The van der Waals surface area contributed by atoms with E-state index in [1.165, 1.54) is 18.2 Å². The number of anilines is 1. The van der Waals surface area contributed by atoms with E-state index in [4.69, 9.17) is 17.3 Å². The molecule has 0 saturated carbocycles. The predicted octanol–water partition coefficient (Wildman–Crippen LogP) is 3.72. The molecule has 0 aliphatic heterocycles. The molecule has 7 heteroatoms. The molecule has 0 radical (unpaired) electrons. The second-order valence-electron chi connectivity index (χ2n) is 6.69. The molecule has 1 atom stereocenters. The lowest BCUT2D eigenvalue weighted by atomic mass is 10.0. The smallest absolute Gasteiger partial charge is 0.253 e. The zero-order valence-corrected chi connectivity index (χ0v) is 16.0. The molecular formula is C20H23ClFN3O2. The first-order chi connectivity index (χ1) is 12.8. The average molecular weight is 392 g/mol. The Hall–Kier alpha value is -2.44. The molecule has 0 spiro atoms. The first-order valence-electron chi connectivity index (χ1n) is 8.65. The van der Waals surface area contributed by atoms with Crippen LogP contribution < -0.4 is 16.4 Å². The SMILES string of the molecule is CC(C)C[C@H](N)C(=O)Nc1ccc(Cl)c(C(=O)NCc2ccccc2F)c1. The van der Waals surface area contributed by atoms with E-state index < -0.39 is 17.8 Å². The fraction of sp³-hybridized carbons (Fsp3) is 0.300. The maximum absolute atomic E-state index is 13.7. The molecule has 2 rings (SSSR count). The van der Waals surface area contributed by atoms with Crippen molar-refractivity contribution < 1.29 is 14.0 Å². The van der Waals surface area contributed by atoms with Crippen LogP contribution in [0.3, 0.4) is 0 Å². The quantitative estimate of drug-likeness (QED) is 0.672. The number of hydrogen-bond donors (Lipinski definition) is 3. The van der Waals surface area contributed by atoms with Crippen LogP contribution >= 0.6 is 11.6 Å². The van der Waals surface area contributed by atoms with Crippen LogP contribution in [-0.2, 0) is 11.3 Å². The Morgan fingerprint density at radius 3 is 2.56 bits per heavy atom. The molecule has 27 heavy (non-hydrogen) atoms. The fourth-order valence-corrected chi connectivity index (χ4v) is 2.74. The number of carbonyl (C=O) groups is 2. The maximum atomic E-state index is 13.7. The van der Waals surface area contributed by atoms with Crippen molar-refractivity contribution in [2.45, 2.75) is 32.9 Å². The van der Waals surface area contributed by atoms with Crippen molar-refractivity contribution in [1.29, 1.82) is 0 Å². The highest BCUT2D eigenvalue weighted by molar-refractivity contribution is 6.34. The number of nitrogens with two attached hydrogens (primary N) is 1. The van der Waals surface area contributed by atoms with Crippen LogP contribution in [0.2, 0.25) is 5.02 Å². The number of amides is 2. The molecule has 0 heterocycles. The molecule has 0 aromatic heterocycles. The monoisotopic (exact) mass is 391 g/mol. The lowest BCUT2D eigenvalue weighted by molar-refractivity contribution is -0.117. The summed E-state index contributed by atoms with van der Waals surface area (Å²) in [4.78, 5) is 24.6. The summed E-state index contributed by atoms with van der Waals surface area (Å²) in [7, 11) is 0. The Morgan fingerprint density at radius 2 is 1.89 bits per heavy atom. The molecule has 4 N–H and O–H groups in total. The second kappa shape index (κ2) is 9.48. The molecule has 2 amide bonds. The van der Waals surface area contributed by atoms with Crippen molar-refractivity contribution in [2.75, 3.05) is 5.32 Å². The Balaban J connectivity index is 2.06. The minimum Gasteiger partial charge on any atom is -0.348 e. The second-order valence-corrected chi connectivity index (χ2v) is 7.10. The lowest BCUT2D eigenvalue weighted by Gasteiger charge is -2.15. The summed E-state index contributed by atoms with van der Waals surface area (Å²) >= 11 is 6.10. The summed E-state index contributed by atoms with van der Waals surface area (Å²) in [5, 5.41) is 5.54. The Bertz CT molecular complexity index is 827. The van der Waals surface area contributed by atoms with Gasteiger partial charge in [0, 0.05) is 17.8 Å². The van der Waals surface area contributed by atoms with E-state index in [9.17, 15) is 14.0 Å². The average Bonchev–Trinajstić information content (AvgIpc) is 2.61. The number of halogens is 2. The van der Waals surface area contributed by atoms with Crippen LogP contribution in [0.4, 0.5) is 10.1 Å². The number of hydrogen-bond acceptors (Lipinski definition) is 3. The van der Waals surface area contributed by atoms with Gasteiger partial charge < -0.3 is 16.4 Å². The molecule has 0 aliphatic carbocycles. The topological polar surface area (TPSA) is 84.2 Å². The Kier molecular flexibility index (Phi) is 7.33. The number of rotatable bonds is 7. The van der Waals surface area contributed by atoms with Gasteiger partial charge in [0.1, 0.15) is 5.82 Å². The van der Waals surface area contributed by atoms with Crippen LogP contribution in [0.15, 0.2) is 42.5 Å². The lowest BCUT2D eigenvalue weighted by Crippen LogP contribution is -2.36. The summed E-state index contributed by atoms with van der Waals surface area (Å²) in [6, 6.07) is 10.1. The molecule has 0 saturated heterocycles. The van der Waals surface area contributed by atoms with Crippen LogP contribution in [0, 0.1) is 11.7 Å². The van der Waals surface area contributed by atoms with Gasteiger partial charge in [-0.3, -0.25) is 9.59 Å². The highest BCUT2D eigenvalue weighted by atomic mass is 35.5. The molecule has 2 aromatic carbocycles. The molecule has 5 nitrogen and oxygen atoms in total. The van der Waals surface area contributed by atoms with Crippen LogP contribution in [0.1, 0.15) is 36.2 Å². The highest BCUT2D eigenvalue weighted by Gasteiger charge is 2.17. The van der Waals surface area contributed by atoms with Gasteiger partial charge in [0.05, 0.1) is 16.6 Å².